The van der Waals surface area contributed by atoms with Gasteiger partial charge < -0.3 is 10.6 Å². The third-order valence-electron chi connectivity index (χ3n) is 4.60. The Kier molecular flexibility index (Phi) is 5.70. The molecule has 0 saturated carbocycles. The highest BCUT2D eigenvalue weighted by Crippen LogP contribution is 2.25. The summed E-state index contributed by atoms with van der Waals surface area (Å²) < 4.78 is 0. The minimum atomic E-state index is -0.386. The Balaban J connectivity index is 1.54. The zero-order valence-corrected chi connectivity index (χ0v) is 17.2. The molecule has 0 saturated heterocycles. The molecule has 0 fully saturated rings. The third kappa shape index (κ3) is 4.30. The molecular formula is C24H16Cl2N2O2. The summed E-state index contributed by atoms with van der Waals surface area (Å²) in [7, 11) is 0. The second-order valence-electron chi connectivity index (χ2n) is 6.64. The first kappa shape index (κ1) is 20.0. The molecule has 0 aliphatic carbocycles. The molecular weight excluding hydrogens is 419 g/mol. The monoisotopic (exact) mass is 434 g/mol. The van der Waals surface area contributed by atoms with Crippen LogP contribution in [0.2, 0.25) is 10.0 Å². The average Bonchev–Trinajstić information content (AvgIpc) is 2.74. The van der Waals surface area contributed by atoms with Crippen LogP contribution >= 0.6 is 23.2 Å². The second kappa shape index (κ2) is 8.57. The zero-order chi connectivity index (χ0) is 21.1. The van der Waals surface area contributed by atoms with E-state index in [-0.39, 0.29) is 16.8 Å². The van der Waals surface area contributed by atoms with Crippen molar-refractivity contribution in [2.45, 2.75) is 0 Å². The lowest BCUT2D eigenvalue weighted by atomic mass is 10.1. The average molecular weight is 435 g/mol. The normalized spacial score (nSPS) is 10.6. The maximum atomic E-state index is 12.8. The number of carbonyl (C=O) groups is 2. The van der Waals surface area contributed by atoms with Gasteiger partial charge in [-0.05, 0) is 47.9 Å². The Morgan fingerprint density at radius 1 is 0.700 bits per heavy atom. The van der Waals surface area contributed by atoms with E-state index in [0.29, 0.717) is 21.8 Å². The van der Waals surface area contributed by atoms with Crippen LogP contribution in [-0.4, -0.2) is 11.8 Å². The van der Waals surface area contributed by atoms with E-state index in [0.717, 1.165) is 16.5 Å². The molecule has 0 atom stereocenters. The van der Waals surface area contributed by atoms with Crippen LogP contribution in [0.3, 0.4) is 0 Å². The second-order valence-corrected chi connectivity index (χ2v) is 7.48. The van der Waals surface area contributed by atoms with Crippen molar-refractivity contribution in [3.8, 4) is 0 Å². The fraction of sp³-hybridized carbons (Fsp3) is 0. The zero-order valence-electron chi connectivity index (χ0n) is 15.7. The van der Waals surface area contributed by atoms with Crippen LogP contribution in [0.25, 0.3) is 10.8 Å². The van der Waals surface area contributed by atoms with Crippen LogP contribution in [0.15, 0.2) is 84.9 Å². The molecule has 4 rings (SSSR count). The fourth-order valence-electron chi connectivity index (χ4n) is 3.14. The van der Waals surface area contributed by atoms with Gasteiger partial charge in [0.1, 0.15) is 0 Å². The van der Waals surface area contributed by atoms with Crippen LogP contribution in [-0.2, 0) is 0 Å². The number of fused-ring (bicyclic) bond motifs is 1. The Morgan fingerprint density at radius 2 is 1.47 bits per heavy atom. The first-order valence-electron chi connectivity index (χ1n) is 9.17. The molecule has 2 N–H and O–H groups in total. The van der Waals surface area contributed by atoms with Gasteiger partial charge in [-0.1, -0.05) is 65.7 Å². The van der Waals surface area contributed by atoms with Crippen molar-refractivity contribution in [3.63, 3.8) is 0 Å². The molecule has 0 aliphatic rings. The van der Waals surface area contributed by atoms with E-state index in [4.69, 9.17) is 23.2 Å². The number of rotatable bonds is 4. The van der Waals surface area contributed by atoms with Crippen molar-refractivity contribution in [1.29, 1.82) is 0 Å². The summed E-state index contributed by atoms with van der Waals surface area (Å²) in [4.78, 5) is 25.3. The number of carbonyl (C=O) groups excluding carboxylic acids is 2. The molecule has 6 heteroatoms. The van der Waals surface area contributed by atoms with Gasteiger partial charge in [-0.25, -0.2) is 0 Å². The van der Waals surface area contributed by atoms with E-state index in [1.807, 2.05) is 42.5 Å². The minimum Gasteiger partial charge on any atom is -0.322 e. The molecule has 30 heavy (non-hydrogen) atoms. The summed E-state index contributed by atoms with van der Waals surface area (Å²) in [6.07, 6.45) is 0. The molecule has 2 amide bonds. The summed E-state index contributed by atoms with van der Waals surface area (Å²) in [5.74, 6) is -0.657. The van der Waals surface area contributed by atoms with E-state index in [2.05, 4.69) is 10.6 Å². The summed E-state index contributed by atoms with van der Waals surface area (Å²) in [6.45, 7) is 0. The van der Waals surface area contributed by atoms with Gasteiger partial charge in [0.05, 0.1) is 10.6 Å². The molecule has 0 radical (unpaired) electrons. The van der Waals surface area contributed by atoms with Crippen LogP contribution in [0.4, 0.5) is 11.4 Å². The fourth-order valence-corrected chi connectivity index (χ4v) is 3.63. The highest BCUT2D eigenvalue weighted by molar-refractivity contribution is 6.37. The van der Waals surface area contributed by atoms with Crippen molar-refractivity contribution in [3.05, 3.63) is 106 Å². The van der Waals surface area contributed by atoms with Crippen molar-refractivity contribution >= 4 is 57.2 Å². The predicted octanol–water partition coefficient (Wildman–Crippen LogP) is 6.65. The van der Waals surface area contributed by atoms with E-state index < -0.39 is 0 Å². The van der Waals surface area contributed by atoms with E-state index in [1.165, 1.54) is 6.07 Å². The van der Waals surface area contributed by atoms with E-state index in [1.54, 1.807) is 36.4 Å². The molecule has 0 bridgehead atoms. The van der Waals surface area contributed by atoms with E-state index in [9.17, 15) is 9.59 Å². The SMILES string of the molecule is O=C(Nc1cccc2ccccc12)c1cccc(NC(=O)c2ccc(Cl)cc2Cl)c1. The van der Waals surface area contributed by atoms with Gasteiger partial charge in [0.2, 0.25) is 0 Å². The van der Waals surface area contributed by atoms with Crippen molar-refractivity contribution in [1.82, 2.24) is 0 Å². The molecule has 0 aliphatic heterocycles. The van der Waals surface area contributed by atoms with Crippen molar-refractivity contribution in [2.24, 2.45) is 0 Å². The predicted molar refractivity (Wildman–Crippen MR) is 123 cm³/mol. The Hall–Kier alpha value is -3.34. The number of hydrogen-bond acceptors (Lipinski definition) is 2. The molecule has 148 valence electrons. The number of nitrogens with one attached hydrogen (secondary N) is 2. The Bertz CT molecular complexity index is 1270. The first-order valence-corrected chi connectivity index (χ1v) is 9.92. The maximum Gasteiger partial charge on any atom is 0.257 e. The lowest BCUT2D eigenvalue weighted by Gasteiger charge is -2.11. The van der Waals surface area contributed by atoms with Gasteiger partial charge in [-0.3, -0.25) is 9.59 Å². The summed E-state index contributed by atoms with van der Waals surface area (Å²) >= 11 is 12.0. The van der Waals surface area contributed by atoms with Crippen LogP contribution < -0.4 is 10.6 Å². The number of benzene rings is 4. The lowest BCUT2D eigenvalue weighted by molar-refractivity contribution is 0.101. The third-order valence-corrected chi connectivity index (χ3v) is 5.14. The number of halogens is 2. The van der Waals surface area contributed by atoms with Crippen LogP contribution in [0.1, 0.15) is 20.7 Å². The molecule has 0 heterocycles. The summed E-state index contributed by atoms with van der Waals surface area (Å²) in [6, 6.07) is 24.9. The molecule has 4 aromatic rings. The Labute approximate surface area is 183 Å². The topological polar surface area (TPSA) is 58.2 Å². The molecule has 0 spiro atoms. The quantitative estimate of drug-likeness (QED) is 0.377. The smallest absolute Gasteiger partial charge is 0.257 e. The highest BCUT2D eigenvalue weighted by Gasteiger charge is 2.13. The maximum absolute atomic E-state index is 12.8. The number of hydrogen-bond donors (Lipinski definition) is 2. The standard InChI is InChI=1S/C24H16Cl2N2O2/c25-17-11-12-20(21(26)14-17)24(30)27-18-8-3-7-16(13-18)23(29)28-22-10-4-6-15-5-1-2-9-19(15)22/h1-14H,(H,27,30)(H,28,29). The van der Waals surface area contributed by atoms with Crippen LogP contribution in [0, 0.1) is 0 Å². The lowest BCUT2D eigenvalue weighted by Crippen LogP contribution is -2.15. The molecule has 4 aromatic carbocycles. The first-order chi connectivity index (χ1) is 14.5. The van der Waals surface area contributed by atoms with Crippen LogP contribution in [0.5, 0.6) is 0 Å². The number of amides is 2. The minimum absolute atomic E-state index is 0.254. The van der Waals surface area contributed by atoms with Gasteiger partial charge in [0.15, 0.2) is 0 Å². The molecule has 0 unspecified atom stereocenters. The summed E-state index contributed by atoms with van der Waals surface area (Å²) in [5, 5.41) is 8.40. The number of anilines is 2. The van der Waals surface area contributed by atoms with Gasteiger partial charge in [-0.2, -0.15) is 0 Å². The highest BCUT2D eigenvalue weighted by atomic mass is 35.5. The molecule has 4 nitrogen and oxygen atoms in total. The van der Waals surface area contributed by atoms with Gasteiger partial charge in [0, 0.05) is 27.3 Å². The summed E-state index contributed by atoms with van der Waals surface area (Å²) in [5.41, 5.74) is 1.92. The Morgan fingerprint density at radius 3 is 2.30 bits per heavy atom. The van der Waals surface area contributed by atoms with Gasteiger partial charge in [0.25, 0.3) is 11.8 Å². The van der Waals surface area contributed by atoms with Crippen molar-refractivity contribution < 1.29 is 9.59 Å². The van der Waals surface area contributed by atoms with Gasteiger partial charge >= 0.3 is 0 Å². The van der Waals surface area contributed by atoms with Gasteiger partial charge in [-0.15, -0.1) is 0 Å². The van der Waals surface area contributed by atoms with Crippen molar-refractivity contribution in [2.75, 3.05) is 10.6 Å². The van der Waals surface area contributed by atoms with E-state index >= 15 is 0 Å². The molecule has 0 aromatic heterocycles. The largest absolute Gasteiger partial charge is 0.322 e.